The molecule has 2 aromatic carbocycles. The number of hydrogen-bond acceptors (Lipinski definition) is 4. The number of fused-ring (bicyclic) bond motifs is 1. The molecule has 2 N–H and O–H groups in total. The van der Waals surface area contributed by atoms with Crippen molar-refractivity contribution in [2.75, 3.05) is 18.0 Å². The summed E-state index contributed by atoms with van der Waals surface area (Å²) in [7, 11) is 0. The van der Waals surface area contributed by atoms with Crippen LogP contribution in [0.5, 0.6) is 0 Å². The molecule has 0 saturated carbocycles. The Morgan fingerprint density at radius 2 is 1.60 bits per heavy atom. The van der Waals surface area contributed by atoms with Crippen molar-refractivity contribution in [3.05, 3.63) is 59.1 Å². The number of rotatable bonds is 10. The van der Waals surface area contributed by atoms with Gasteiger partial charge in [-0.3, -0.25) is 9.59 Å². The molecule has 0 saturated heterocycles. The van der Waals surface area contributed by atoms with Gasteiger partial charge in [0.1, 0.15) is 11.2 Å². The predicted octanol–water partition coefficient (Wildman–Crippen LogP) is 4.13. The second kappa shape index (κ2) is 10.0. The fourth-order valence-electron chi connectivity index (χ4n) is 3.30. The number of benzene rings is 2. The summed E-state index contributed by atoms with van der Waals surface area (Å²) >= 11 is 1.75. The number of aliphatic carboxylic acids is 2. The molecule has 1 aromatic heterocycles. The number of para-hydroxylation sites is 1. The molecule has 0 bridgehead atoms. The lowest BCUT2D eigenvalue weighted by Gasteiger charge is -2.23. The largest absolute Gasteiger partial charge is 0.481 e. The van der Waals surface area contributed by atoms with Gasteiger partial charge in [-0.05, 0) is 36.8 Å². The number of anilines is 1. The minimum atomic E-state index is -0.901. The Morgan fingerprint density at radius 3 is 2.20 bits per heavy atom. The van der Waals surface area contributed by atoms with Crippen LogP contribution < -0.4 is 9.47 Å². The average molecular weight is 426 g/mol. The van der Waals surface area contributed by atoms with Crippen LogP contribution in [0.1, 0.15) is 30.3 Å². The van der Waals surface area contributed by atoms with Gasteiger partial charge in [-0.2, -0.15) is 4.57 Å². The third-order valence-electron chi connectivity index (χ3n) is 4.82. The molecule has 0 unspecified atom stereocenters. The normalized spacial score (nSPS) is 11.2. The van der Waals surface area contributed by atoms with E-state index >= 15 is 0 Å². The van der Waals surface area contributed by atoms with Crippen LogP contribution in [0.3, 0.4) is 0 Å². The number of carbonyl (C=O) groups is 2. The molecule has 0 aliphatic heterocycles. The summed E-state index contributed by atoms with van der Waals surface area (Å²) in [6.07, 6.45) is 4.09. The first-order valence-corrected chi connectivity index (χ1v) is 10.7. The second-order valence-electron chi connectivity index (χ2n) is 6.85. The van der Waals surface area contributed by atoms with Crippen LogP contribution in [0, 0.1) is 0 Å². The first-order valence-electron chi connectivity index (χ1n) is 9.86. The molecule has 30 heavy (non-hydrogen) atoms. The average Bonchev–Trinajstić information content (AvgIpc) is 3.10. The highest BCUT2D eigenvalue weighted by molar-refractivity contribution is 7.18. The van der Waals surface area contributed by atoms with Crippen LogP contribution in [0.15, 0.2) is 48.5 Å². The van der Waals surface area contributed by atoms with Crippen LogP contribution in [-0.4, -0.2) is 35.2 Å². The molecule has 3 aromatic rings. The van der Waals surface area contributed by atoms with E-state index in [1.807, 2.05) is 36.4 Å². The molecular formula is C23H25N2O4S+. The van der Waals surface area contributed by atoms with Crippen molar-refractivity contribution in [1.29, 1.82) is 0 Å². The van der Waals surface area contributed by atoms with Gasteiger partial charge in [0.15, 0.2) is 0 Å². The standard InChI is InChI=1S/C23H24N2O4S/c1-2-25-19-5-3-4-6-20(19)30-21(25)12-9-17-7-10-18(11-8-17)24(15-13-22(26)27)16-14-23(28)29/h3-12H,2,13-16H2,1H3,(H-,26,27,28,29)/p+1. The number of thiazole rings is 1. The minimum absolute atomic E-state index is 0.0375. The van der Waals surface area contributed by atoms with Crippen LogP contribution in [0.4, 0.5) is 5.69 Å². The summed E-state index contributed by atoms with van der Waals surface area (Å²) in [4.78, 5) is 23.6. The van der Waals surface area contributed by atoms with Crippen LogP contribution in [0.25, 0.3) is 22.4 Å². The van der Waals surface area contributed by atoms with Crippen molar-refractivity contribution >= 4 is 51.3 Å². The fourth-order valence-corrected chi connectivity index (χ4v) is 4.43. The van der Waals surface area contributed by atoms with Gasteiger partial charge in [-0.15, -0.1) is 0 Å². The number of hydrogen-bond donors (Lipinski definition) is 2. The quantitative estimate of drug-likeness (QED) is 0.477. The molecule has 1 heterocycles. The summed E-state index contributed by atoms with van der Waals surface area (Å²) in [6, 6.07) is 16.1. The SMILES string of the molecule is CC[n+]1c(/C=C/c2ccc(N(CCC(=O)O)CCC(=O)O)cc2)sc2ccccc21. The maximum Gasteiger partial charge on any atom is 0.305 e. The molecule has 0 spiro atoms. The van der Waals surface area contributed by atoms with E-state index in [-0.39, 0.29) is 25.9 Å². The van der Waals surface area contributed by atoms with E-state index in [9.17, 15) is 9.59 Å². The molecule has 0 aliphatic carbocycles. The highest BCUT2D eigenvalue weighted by Crippen LogP contribution is 2.23. The zero-order valence-corrected chi connectivity index (χ0v) is 17.6. The number of carboxylic acids is 2. The summed E-state index contributed by atoms with van der Waals surface area (Å²) in [6.45, 7) is 3.57. The molecule has 0 fully saturated rings. The Bertz CT molecular complexity index is 1040. The molecule has 0 radical (unpaired) electrons. The zero-order chi connectivity index (χ0) is 21.5. The van der Waals surface area contributed by atoms with E-state index in [0.717, 1.165) is 17.8 Å². The first kappa shape index (κ1) is 21.5. The van der Waals surface area contributed by atoms with Crippen LogP contribution in [0.2, 0.25) is 0 Å². The van der Waals surface area contributed by atoms with E-state index in [1.165, 1.54) is 15.2 Å². The van der Waals surface area contributed by atoms with E-state index in [4.69, 9.17) is 10.2 Å². The lowest BCUT2D eigenvalue weighted by Crippen LogP contribution is -2.33. The van der Waals surface area contributed by atoms with E-state index in [1.54, 1.807) is 16.2 Å². The molecule has 0 aliphatic rings. The fraction of sp³-hybridized carbons (Fsp3) is 0.261. The van der Waals surface area contributed by atoms with Gasteiger partial charge in [-0.25, -0.2) is 0 Å². The summed E-state index contributed by atoms with van der Waals surface area (Å²) in [5, 5.41) is 19.1. The predicted molar refractivity (Wildman–Crippen MR) is 120 cm³/mol. The van der Waals surface area contributed by atoms with Crippen molar-refractivity contribution in [2.45, 2.75) is 26.3 Å². The lowest BCUT2D eigenvalue weighted by molar-refractivity contribution is -0.665. The van der Waals surface area contributed by atoms with Gasteiger partial charge in [-0.1, -0.05) is 35.6 Å². The highest BCUT2D eigenvalue weighted by Gasteiger charge is 2.16. The molecule has 156 valence electrons. The van der Waals surface area contributed by atoms with Crippen molar-refractivity contribution in [2.24, 2.45) is 0 Å². The van der Waals surface area contributed by atoms with Gasteiger partial charge < -0.3 is 15.1 Å². The number of carboxylic acid groups (broad SMARTS) is 2. The Morgan fingerprint density at radius 1 is 0.967 bits per heavy atom. The number of aryl methyl sites for hydroxylation is 1. The molecule has 7 heteroatoms. The van der Waals surface area contributed by atoms with Gasteiger partial charge in [0.2, 0.25) is 5.52 Å². The van der Waals surface area contributed by atoms with Crippen LogP contribution in [-0.2, 0) is 16.1 Å². The summed E-state index contributed by atoms with van der Waals surface area (Å²) in [5.74, 6) is -1.80. The van der Waals surface area contributed by atoms with Gasteiger partial charge in [0.25, 0.3) is 5.01 Å². The maximum atomic E-state index is 10.9. The second-order valence-corrected chi connectivity index (χ2v) is 7.91. The van der Waals surface area contributed by atoms with E-state index < -0.39 is 11.9 Å². The molecule has 0 amide bonds. The zero-order valence-electron chi connectivity index (χ0n) is 16.8. The van der Waals surface area contributed by atoms with Crippen molar-refractivity contribution < 1.29 is 24.4 Å². The molecule has 0 atom stereocenters. The minimum Gasteiger partial charge on any atom is -0.481 e. The van der Waals surface area contributed by atoms with Gasteiger partial charge in [0, 0.05) is 30.9 Å². The lowest BCUT2D eigenvalue weighted by atomic mass is 10.1. The Balaban J connectivity index is 1.77. The maximum absolute atomic E-state index is 10.9. The number of nitrogens with zero attached hydrogens (tertiary/aromatic N) is 2. The van der Waals surface area contributed by atoms with Crippen molar-refractivity contribution in [1.82, 2.24) is 0 Å². The van der Waals surface area contributed by atoms with Crippen molar-refractivity contribution in [3.8, 4) is 0 Å². The Kier molecular flexibility index (Phi) is 7.19. The smallest absolute Gasteiger partial charge is 0.305 e. The molecule has 3 rings (SSSR count). The van der Waals surface area contributed by atoms with Gasteiger partial charge >= 0.3 is 11.9 Å². The monoisotopic (exact) mass is 425 g/mol. The topological polar surface area (TPSA) is 81.7 Å². The van der Waals surface area contributed by atoms with Crippen molar-refractivity contribution in [3.63, 3.8) is 0 Å². The molecular weight excluding hydrogens is 400 g/mol. The third kappa shape index (κ3) is 5.45. The number of aromatic nitrogens is 1. The highest BCUT2D eigenvalue weighted by atomic mass is 32.1. The van der Waals surface area contributed by atoms with E-state index in [2.05, 4.69) is 35.8 Å². The molecule has 6 nitrogen and oxygen atoms in total. The Hall–Kier alpha value is -3.19. The summed E-state index contributed by atoms with van der Waals surface area (Å²) < 4.78 is 3.53. The first-order chi connectivity index (χ1) is 14.5. The summed E-state index contributed by atoms with van der Waals surface area (Å²) in [5.41, 5.74) is 3.07. The van der Waals surface area contributed by atoms with Gasteiger partial charge in [0.05, 0.1) is 12.8 Å². The van der Waals surface area contributed by atoms with Crippen LogP contribution >= 0.6 is 11.3 Å². The van der Waals surface area contributed by atoms with E-state index in [0.29, 0.717) is 0 Å². The third-order valence-corrected chi connectivity index (χ3v) is 5.95. The Labute approximate surface area is 179 Å².